The summed E-state index contributed by atoms with van der Waals surface area (Å²) in [5.74, 6) is 0.727. The standard InChI is InChI=1S/C34H42N6O5/c1-24(36-15-19-44-21-20-43-18-14-35)26-8-5-9-28(22-26)37-34(42)45-29-12-16-40(17-13-29)33(41)27-10-11-30-31(23-27)39-32(38-30)25-6-3-2-4-7-25/h2-11,22-24,29,36H,12-21,35H2,1H3,(H,37,42)(H,38,39). The number of nitrogens with zero attached hydrogens (tertiary/aromatic N) is 2. The zero-order valence-electron chi connectivity index (χ0n) is 25.7. The Hall–Kier alpha value is -4.29. The van der Waals surface area contributed by atoms with E-state index in [1.54, 1.807) is 0 Å². The number of fused-ring (bicyclic) bond motifs is 1. The van der Waals surface area contributed by atoms with Crippen LogP contribution in [0.5, 0.6) is 0 Å². The quantitative estimate of drug-likeness (QED) is 0.149. The second-order valence-corrected chi connectivity index (χ2v) is 11.0. The molecule has 11 nitrogen and oxygen atoms in total. The summed E-state index contributed by atoms with van der Waals surface area (Å²) in [4.78, 5) is 35.8. The summed E-state index contributed by atoms with van der Waals surface area (Å²) in [6, 6.07) is 23.2. The first-order valence-corrected chi connectivity index (χ1v) is 15.5. The van der Waals surface area contributed by atoms with E-state index in [9.17, 15) is 9.59 Å². The van der Waals surface area contributed by atoms with Gasteiger partial charge in [0.25, 0.3) is 5.91 Å². The van der Waals surface area contributed by atoms with Crippen molar-refractivity contribution < 1.29 is 23.8 Å². The lowest BCUT2D eigenvalue weighted by Gasteiger charge is -2.31. The lowest BCUT2D eigenvalue weighted by molar-refractivity contribution is 0.0468. The van der Waals surface area contributed by atoms with Crippen LogP contribution in [-0.2, 0) is 14.2 Å². The predicted molar refractivity (Wildman–Crippen MR) is 174 cm³/mol. The van der Waals surface area contributed by atoms with Gasteiger partial charge in [-0.1, -0.05) is 42.5 Å². The zero-order valence-corrected chi connectivity index (χ0v) is 25.7. The Morgan fingerprint density at radius 1 is 0.978 bits per heavy atom. The number of likely N-dealkylation sites (tertiary alicyclic amines) is 1. The second kappa shape index (κ2) is 16.1. The van der Waals surface area contributed by atoms with Crippen molar-refractivity contribution in [1.29, 1.82) is 0 Å². The van der Waals surface area contributed by atoms with Crippen LogP contribution in [0.2, 0.25) is 0 Å². The maximum absolute atomic E-state index is 13.3. The van der Waals surface area contributed by atoms with E-state index in [4.69, 9.17) is 19.9 Å². The van der Waals surface area contributed by atoms with E-state index in [2.05, 4.69) is 27.5 Å². The number of carbonyl (C=O) groups is 2. The normalized spacial score (nSPS) is 14.4. The second-order valence-electron chi connectivity index (χ2n) is 11.0. The SMILES string of the molecule is CC(NCCOCCOCCN)c1cccc(NC(=O)OC2CCN(C(=O)c3ccc4nc(-c5ccccc5)[nH]c4c3)CC2)c1. The Balaban J connectivity index is 1.05. The molecule has 0 radical (unpaired) electrons. The van der Waals surface area contributed by atoms with Gasteiger partial charge in [-0.2, -0.15) is 0 Å². The molecule has 2 heterocycles. The highest BCUT2D eigenvalue weighted by molar-refractivity contribution is 5.97. The van der Waals surface area contributed by atoms with Crippen molar-refractivity contribution in [2.24, 2.45) is 5.73 Å². The summed E-state index contributed by atoms with van der Waals surface area (Å²) in [6.07, 6.45) is 0.390. The summed E-state index contributed by atoms with van der Waals surface area (Å²) in [5, 5.41) is 6.27. The van der Waals surface area contributed by atoms with Crippen molar-refractivity contribution >= 4 is 28.7 Å². The van der Waals surface area contributed by atoms with Gasteiger partial charge >= 0.3 is 6.09 Å². The van der Waals surface area contributed by atoms with Crippen LogP contribution in [0.4, 0.5) is 10.5 Å². The van der Waals surface area contributed by atoms with Crippen LogP contribution in [0, 0.1) is 0 Å². The summed E-state index contributed by atoms with van der Waals surface area (Å²) >= 11 is 0. The molecule has 3 aromatic carbocycles. The Labute approximate surface area is 263 Å². The third kappa shape index (κ3) is 9.11. The van der Waals surface area contributed by atoms with Crippen molar-refractivity contribution in [2.75, 3.05) is 57.9 Å². The van der Waals surface area contributed by atoms with Crippen molar-refractivity contribution in [3.8, 4) is 11.4 Å². The Morgan fingerprint density at radius 2 is 1.76 bits per heavy atom. The highest BCUT2D eigenvalue weighted by Gasteiger charge is 2.26. The Bertz CT molecular complexity index is 1540. The molecule has 1 saturated heterocycles. The van der Waals surface area contributed by atoms with Gasteiger partial charge in [0.05, 0.1) is 37.5 Å². The number of imidazole rings is 1. The van der Waals surface area contributed by atoms with Gasteiger partial charge in [-0.25, -0.2) is 9.78 Å². The number of aromatic amines is 1. The number of ether oxygens (including phenoxy) is 3. The number of amides is 2. The topological polar surface area (TPSA) is 144 Å². The highest BCUT2D eigenvalue weighted by Crippen LogP contribution is 2.23. The van der Waals surface area contributed by atoms with Crippen molar-refractivity contribution in [2.45, 2.75) is 31.9 Å². The highest BCUT2D eigenvalue weighted by atomic mass is 16.6. The molecule has 0 spiro atoms. The zero-order chi connectivity index (χ0) is 31.4. The molecule has 5 rings (SSSR count). The first kappa shape index (κ1) is 32.1. The molecule has 0 saturated carbocycles. The fraction of sp³-hybridized carbons (Fsp3) is 0.382. The van der Waals surface area contributed by atoms with Crippen molar-refractivity contribution in [3.63, 3.8) is 0 Å². The van der Waals surface area contributed by atoms with Gasteiger partial charge in [0.15, 0.2) is 0 Å². The van der Waals surface area contributed by atoms with E-state index >= 15 is 0 Å². The molecule has 4 aromatic rings. The van der Waals surface area contributed by atoms with Crippen LogP contribution in [-0.4, -0.2) is 85.6 Å². The smallest absolute Gasteiger partial charge is 0.411 e. The number of carbonyl (C=O) groups excluding carboxylic acids is 2. The Morgan fingerprint density at radius 3 is 2.53 bits per heavy atom. The van der Waals surface area contributed by atoms with Gasteiger partial charge in [0.2, 0.25) is 0 Å². The maximum atomic E-state index is 13.3. The van der Waals surface area contributed by atoms with Gasteiger partial charge in [-0.05, 0) is 42.8 Å². The van der Waals surface area contributed by atoms with Crippen LogP contribution in [0.25, 0.3) is 22.4 Å². The van der Waals surface area contributed by atoms with E-state index < -0.39 is 6.09 Å². The van der Waals surface area contributed by atoms with Crippen molar-refractivity contribution in [3.05, 3.63) is 83.9 Å². The molecular weight excluding hydrogens is 572 g/mol. The van der Waals surface area contributed by atoms with Gasteiger partial charge < -0.3 is 35.1 Å². The molecule has 238 valence electrons. The average molecular weight is 615 g/mol. The van der Waals surface area contributed by atoms with Gasteiger partial charge in [0, 0.05) is 61.9 Å². The minimum Gasteiger partial charge on any atom is -0.446 e. The number of piperidine rings is 1. The van der Waals surface area contributed by atoms with Gasteiger partial charge in [-0.3, -0.25) is 10.1 Å². The summed E-state index contributed by atoms with van der Waals surface area (Å²) < 4.78 is 16.6. The van der Waals surface area contributed by atoms with Gasteiger partial charge in [-0.15, -0.1) is 0 Å². The molecule has 1 unspecified atom stereocenters. The minimum absolute atomic E-state index is 0.0432. The molecule has 0 bridgehead atoms. The first-order chi connectivity index (χ1) is 22.0. The first-order valence-electron chi connectivity index (χ1n) is 15.5. The lowest BCUT2D eigenvalue weighted by atomic mass is 10.1. The average Bonchev–Trinajstić information content (AvgIpc) is 3.50. The van der Waals surface area contributed by atoms with E-state index in [1.807, 2.05) is 77.7 Å². The fourth-order valence-corrected chi connectivity index (χ4v) is 5.29. The number of H-pyrrole nitrogens is 1. The lowest BCUT2D eigenvalue weighted by Crippen LogP contribution is -2.41. The van der Waals surface area contributed by atoms with Crippen LogP contribution in [0.15, 0.2) is 72.8 Å². The molecule has 1 fully saturated rings. The number of benzene rings is 3. The molecule has 1 atom stereocenters. The van der Waals surface area contributed by atoms with Crippen LogP contribution >= 0.6 is 0 Å². The summed E-state index contributed by atoms with van der Waals surface area (Å²) in [6.45, 7) is 6.46. The maximum Gasteiger partial charge on any atom is 0.411 e. The number of hydrogen-bond donors (Lipinski definition) is 4. The number of hydrogen-bond acceptors (Lipinski definition) is 8. The van der Waals surface area contributed by atoms with E-state index in [1.165, 1.54) is 0 Å². The van der Waals surface area contributed by atoms with Crippen LogP contribution in [0.1, 0.15) is 41.7 Å². The molecule has 1 aliphatic rings. The van der Waals surface area contributed by atoms with E-state index in [-0.39, 0.29) is 18.1 Å². The molecule has 45 heavy (non-hydrogen) atoms. The number of aromatic nitrogens is 2. The van der Waals surface area contributed by atoms with Gasteiger partial charge in [0.1, 0.15) is 11.9 Å². The molecule has 0 aliphatic carbocycles. The molecule has 1 aliphatic heterocycles. The molecule has 1 aromatic heterocycles. The van der Waals surface area contributed by atoms with Crippen LogP contribution < -0.4 is 16.4 Å². The fourth-order valence-electron chi connectivity index (χ4n) is 5.29. The summed E-state index contributed by atoms with van der Waals surface area (Å²) in [5.41, 5.74) is 10.3. The monoisotopic (exact) mass is 614 g/mol. The van der Waals surface area contributed by atoms with E-state index in [0.29, 0.717) is 76.7 Å². The summed E-state index contributed by atoms with van der Waals surface area (Å²) in [7, 11) is 0. The number of rotatable bonds is 14. The molecular formula is C34H42N6O5. The number of nitrogens with two attached hydrogens (primary N) is 1. The largest absolute Gasteiger partial charge is 0.446 e. The third-order valence-corrected chi connectivity index (χ3v) is 7.74. The minimum atomic E-state index is -0.498. The van der Waals surface area contributed by atoms with Crippen LogP contribution in [0.3, 0.4) is 0 Å². The predicted octanol–water partition coefficient (Wildman–Crippen LogP) is 4.73. The third-order valence-electron chi connectivity index (χ3n) is 7.74. The molecule has 11 heteroatoms. The number of anilines is 1. The molecule has 5 N–H and O–H groups in total. The number of nitrogens with one attached hydrogen (secondary N) is 3. The Kier molecular flexibility index (Phi) is 11.5. The molecule has 2 amide bonds. The van der Waals surface area contributed by atoms with Crippen molar-refractivity contribution in [1.82, 2.24) is 20.2 Å². The van der Waals surface area contributed by atoms with E-state index in [0.717, 1.165) is 28.0 Å².